The minimum atomic E-state index is -2.71. The summed E-state index contributed by atoms with van der Waals surface area (Å²) in [7, 11) is 0. The number of nitrogens with zero attached hydrogens (tertiary/aromatic N) is 3. The molecule has 0 radical (unpaired) electrons. The molecule has 0 spiro atoms. The van der Waals surface area contributed by atoms with E-state index in [1.807, 2.05) is 6.92 Å². The van der Waals surface area contributed by atoms with Crippen molar-refractivity contribution < 1.29 is 13.6 Å². The second kappa shape index (κ2) is 6.58. The van der Waals surface area contributed by atoms with Crippen LogP contribution in [0.2, 0.25) is 0 Å². The van der Waals surface area contributed by atoms with Crippen molar-refractivity contribution in [2.75, 3.05) is 18.0 Å². The first-order valence-corrected chi connectivity index (χ1v) is 6.57. The Morgan fingerprint density at radius 1 is 1.40 bits per heavy atom. The molecule has 1 aromatic heterocycles. The van der Waals surface area contributed by atoms with Gasteiger partial charge in [0, 0.05) is 25.9 Å². The Balaban J connectivity index is 3.00. The molecular weight excluding hydrogens is 266 g/mol. The van der Waals surface area contributed by atoms with E-state index in [1.54, 1.807) is 17.9 Å². The van der Waals surface area contributed by atoms with E-state index in [-0.39, 0.29) is 25.1 Å². The number of amides is 1. The molecule has 0 unspecified atom stereocenters. The first-order chi connectivity index (χ1) is 9.30. The lowest BCUT2D eigenvalue weighted by Crippen LogP contribution is -2.32. The second-order valence-electron chi connectivity index (χ2n) is 4.62. The van der Waals surface area contributed by atoms with E-state index in [1.165, 1.54) is 6.92 Å². The highest BCUT2D eigenvalue weighted by molar-refractivity contribution is 5.96. The Hall–Kier alpha value is -1.79. The van der Waals surface area contributed by atoms with E-state index in [4.69, 9.17) is 5.73 Å². The van der Waals surface area contributed by atoms with E-state index < -0.39 is 11.8 Å². The van der Waals surface area contributed by atoms with Gasteiger partial charge in [0.05, 0.1) is 11.4 Å². The van der Waals surface area contributed by atoms with Crippen LogP contribution in [0.15, 0.2) is 6.07 Å². The number of anilines is 1. The average Bonchev–Trinajstić information content (AvgIpc) is 2.39. The van der Waals surface area contributed by atoms with Gasteiger partial charge in [0.1, 0.15) is 0 Å². The number of hydrogen-bond acceptors (Lipinski definition) is 4. The van der Waals surface area contributed by atoms with Crippen molar-refractivity contribution in [2.45, 2.75) is 39.5 Å². The van der Waals surface area contributed by atoms with E-state index in [9.17, 15) is 13.6 Å². The van der Waals surface area contributed by atoms with Crippen molar-refractivity contribution in [2.24, 2.45) is 5.73 Å². The highest BCUT2D eigenvalue weighted by atomic mass is 19.3. The van der Waals surface area contributed by atoms with E-state index in [2.05, 4.69) is 10.2 Å². The Bertz CT molecular complexity index is 479. The molecule has 0 saturated heterocycles. The summed E-state index contributed by atoms with van der Waals surface area (Å²) in [5.41, 5.74) is 6.32. The van der Waals surface area contributed by atoms with E-state index in [0.29, 0.717) is 17.9 Å². The van der Waals surface area contributed by atoms with Crippen molar-refractivity contribution >= 4 is 11.6 Å². The molecular formula is C13H20F2N4O. The summed E-state index contributed by atoms with van der Waals surface area (Å²) in [6, 6.07) is 1.64. The van der Waals surface area contributed by atoms with Crippen molar-refractivity contribution in [1.82, 2.24) is 10.2 Å². The van der Waals surface area contributed by atoms with Gasteiger partial charge in [-0.15, -0.1) is 5.10 Å². The number of nitrogens with two attached hydrogens (primary N) is 1. The first-order valence-electron chi connectivity index (χ1n) is 6.57. The van der Waals surface area contributed by atoms with Crippen molar-refractivity contribution in [1.29, 1.82) is 0 Å². The van der Waals surface area contributed by atoms with Gasteiger partial charge in [-0.2, -0.15) is 5.10 Å². The lowest BCUT2D eigenvalue weighted by Gasteiger charge is -2.26. The van der Waals surface area contributed by atoms with Crippen LogP contribution in [0.3, 0.4) is 0 Å². The molecule has 0 aliphatic heterocycles. The molecule has 0 fully saturated rings. The summed E-state index contributed by atoms with van der Waals surface area (Å²) < 4.78 is 26.7. The molecule has 0 atom stereocenters. The van der Waals surface area contributed by atoms with Crippen LogP contribution in [-0.2, 0) is 0 Å². The molecule has 5 nitrogen and oxygen atoms in total. The molecule has 1 heterocycles. The average molecular weight is 286 g/mol. The van der Waals surface area contributed by atoms with Gasteiger partial charge in [0.15, 0.2) is 5.69 Å². The van der Waals surface area contributed by atoms with E-state index >= 15 is 0 Å². The molecule has 1 amide bonds. The van der Waals surface area contributed by atoms with Crippen LogP contribution in [-0.4, -0.2) is 35.1 Å². The summed E-state index contributed by atoms with van der Waals surface area (Å²) in [6.45, 7) is 5.59. The Morgan fingerprint density at radius 2 is 2.05 bits per heavy atom. The van der Waals surface area contributed by atoms with Crippen LogP contribution in [0.25, 0.3) is 0 Å². The van der Waals surface area contributed by atoms with Crippen molar-refractivity contribution in [3.63, 3.8) is 0 Å². The first kappa shape index (κ1) is 16.3. The van der Waals surface area contributed by atoms with Crippen LogP contribution in [0.4, 0.5) is 14.5 Å². The van der Waals surface area contributed by atoms with Gasteiger partial charge in [0.2, 0.25) is 5.92 Å². The number of carbonyl (C=O) groups excluding carboxylic acids is 1. The third-order valence-corrected chi connectivity index (χ3v) is 3.12. The fourth-order valence-electron chi connectivity index (χ4n) is 1.82. The number of alkyl halides is 2. The van der Waals surface area contributed by atoms with Crippen molar-refractivity contribution in [3.05, 3.63) is 17.5 Å². The molecule has 0 aromatic carbocycles. The Morgan fingerprint density at radius 3 is 2.55 bits per heavy atom. The molecule has 0 aliphatic carbocycles. The number of aromatic nitrogens is 2. The topological polar surface area (TPSA) is 72.1 Å². The molecule has 20 heavy (non-hydrogen) atoms. The third-order valence-electron chi connectivity index (χ3n) is 3.12. The zero-order chi connectivity index (χ0) is 15.3. The molecule has 1 aromatic rings. The molecule has 0 bridgehead atoms. The smallest absolute Gasteiger partial charge is 0.271 e. The van der Waals surface area contributed by atoms with Gasteiger partial charge in [0.25, 0.3) is 5.91 Å². The largest absolute Gasteiger partial charge is 0.370 e. The van der Waals surface area contributed by atoms with Gasteiger partial charge < -0.3 is 10.6 Å². The van der Waals surface area contributed by atoms with Gasteiger partial charge in [-0.3, -0.25) is 4.79 Å². The van der Waals surface area contributed by atoms with Crippen LogP contribution in [0, 0.1) is 6.92 Å². The second-order valence-corrected chi connectivity index (χ2v) is 4.62. The Labute approximate surface area is 117 Å². The lowest BCUT2D eigenvalue weighted by molar-refractivity contribution is -0.00918. The zero-order valence-corrected chi connectivity index (χ0v) is 12.0. The van der Waals surface area contributed by atoms with Crippen LogP contribution in [0.1, 0.15) is 42.9 Å². The zero-order valence-electron chi connectivity index (χ0n) is 12.0. The quantitative estimate of drug-likeness (QED) is 0.833. The molecule has 2 N–H and O–H groups in total. The highest BCUT2D eigenvalue weighted by Gasteiger charge is 2.27. The van der Waals surface area contributed by atoms with Gasteiger partial charge in [-0.1, -0.05) is 6.92 Å². The Kier molecular flexibility index (Phi) is 5.35. The monoisotopic (exact) mass is 286 g/mol. The molecule has 0 saturated carbocycles. The minimum Gasteiger partial charge on any atom is -0.370 e. The maximum Gasteiger partial charge on any atom is 0.271 e. The standard InChI is InChI=1S/C13H20F2N4O/c1-4-13(14,15)6-7-19(5-2)10-8-9(3)17-18-11(10)12(16)20/h8H,4-7H2,1-3H3,(H2,16,20). The fourth-order valence-corrected chi connectivity index (χ4v) is 1.82. The molecule has 0 aliphatic rings. The number of halogens is 2. The van der Waals surface area contributed by atoms with Gasteiger partial charge in [-0.05, 0) is 19.9 Å². The SMILES string of the molecule is CCN(CCC(F)(F)CC)c1cc(C)nnc1C(N)=O. The maximum atomic E-state index is 13.4. The third kappa shape index (κ3) is 4.11. The van der Waals surface area contributed by atoms with Gasteiger partial charge in [-0.25, -0.2) is 8.78 Å². The number of primary amides is 1. The summed E-state index contributed by atoms with van der Waals surface area (Å²) >= 11 is 0. The number of aryl methyl sites for hydroxylation is 1. The highest BCUT2D eigenvalue weighted by Crippen LogP contribution is 2.25. The van der Waals surface area contributed by atoms with E-state index in [0.717, 1.165) is 0 Å². The maximum absolute atomic E-state index is 13.4. The van der Waals surface area contributed by atoms with Crippen LogP contribution >= 0.6 is 0 Å². The summed E-state index contributed by atoms with van der Waals surface area (Å²) in [5.74, 6) is -3.43. The molecule has 7 heteroatoms. The predicted octanol–water partition coefficient (Wildman–Crippen LogP) is 2.15. The van der Waals surface area contributed by atoms with Gasteiger partial charge >= 0.3 is 0 Å². The predicted molar refractivity (Wildman–Crippen MR) is 73.0 cm³/mol. The number of hydrogen-bond donors (Lipinski definition) is 1. The number of rotatable bonds is 7. The minimum absolute atomic E-state index is 0.0114. The molecule has 112 valence electrons. The summed E-state index contributed by atoms with van der Waals surface area (Å²) in [4.78, 5) is 13.0. The normalized spacial score (nSPS) is 11.4. The number of carbonyl (C=O) groups is 1. The van der Waals surface area contributed by atoms with Crippen LogP contribution < -0.4 is 10.6 Å². The summed E-state index contributed by atoms with van der Waals surface area (Å²) in [5, 5.41) is 7.53. The fraction of sp³-hybridized carbons (Fsp3) is 0.615. The van der Waals surface area contributed by atoms with Crippen LogP contribution in [0.5, 0.6) is 0 Å². The molecule has 1 rings (SSSR count). The summed E-state index contributed by atoms with van der Waals surface area (Å²) in [6.07, 6.45) is -0.488. The lowest BCUT2D eigenvalue weighted by atomic mass is 10.1. The van der Waals surface area contributed by atoms with Crippen molar-refractivity contribution in [3.8, 4) is 0 Å².